The highest BCUT2D eigenvalue weighted by molar-refractivity contribution is 5.75. The number of amides is 1. The molecule has 3 rings (SSSR count). The second-order valence-electron chi connectivity index (χ2n) is 5.71. The fourth-order valence-electron chi connectivity index (χ4n) is 2.40. The summed E-state index contributed by atoms with van der Waals surface area (Å²) in [7, 11) is 0. The average Bonchev–Trinajstić information content (AvgIpc) is 3.01. The molecule has 128 valence electrons. The summed E-state index contributed by atoms with van der Waals surface area (Å²) in [5, 5.41) is 2.90. The normalized spacial score (nSPS) is 10.5. The Morgan fingerprint density at radius 2 is 1.96 bits per heavy atom. The summed E-state index contributed by atoms with van der Waals surface area (Å²) in [6.07, 6.45) is 5.14. The number of pyridine rings is 1. The van der Waals surface area contributed by atoms with E-state index in [9.17, 15) is 4.79 Å². The van der Waals surface area contributed by atoms with E-state index in [0.717, 1.165) is 22.7 Å². The minimum Gasteiger partial charge on any atom is -0.438 e. The first-order chi connectivity index (χ1) is 12.1. The van der Waals surface area contributed by atoms with Gasteiger partial charge in [0.1, 0.15) is 18.1 Å². The number of hydrogen-bond acceptors (Lipinski definition) is 4. The van der Waals surface area contributed by atoms with Gasteiger partial charge in [-0.1, -0.05) is 24.3 Å². The number of benzene rings is 1. The first-order valence-corrected chi connectivity index (χ1v) is 8.05. The lowest BCUT2D eigenvalue weighted by Crippen LogP contribution is -2.27. The second-order valence-corrected chi connectivity index (χ2v) is 5.71. The first kappa shape index (κ1) is 16.7. The third-order valence-electron chi connectivity index (χ3n) is 3.86. The number of carbonyl (C=O) groups excluding carboxylic acids is 1. The molecule has 0 bridgehead atoms. The predicted octanol–water partition coefficient (Wildman–Crippen LogP) is 3.00. The van der Waals surface area contributed by atoms with E-state index in [2.05, 4.69) is 15.3 Å². The predicted molar refractivity (Wildman–Crippen MR) is 94.3 cm³/mol. The molecule has 2 heterocycles. The number of imidazole rings is 1. The van der Waals surface area contributed by atoms with Crippen LogP contribution >= 0.6 is 0 Å². The standard InChI is InChI=1S/C19H20N4O2/c1-14-6-3-4-8-17(14)25-19-16(7-5-9-21-19)12-22-18(24)13-23-11-10-20-15(23)2/h3-11H,12-13H2,1-2H3,(H,22,24). The van der Waals surface area contributed by atoms with Crippen molar-refractivity contribution in [2.24, 2.45) is 0 Å². The molecule has 2 aromatic heterocycles. The summed E-state index contributed by atoms with van der Waals surface area (Å²) >= 11 is 0. The van der Waals surface area contributed by atoms with E-state index in [1.807, 2.05) is 50.2 Å². The molecule has 0 aliphatic rings. The van der Waals surface area contributed by atoms with Crippen LogP contribution in [0.5, 0.6) is 11.6 Å². The number of hydrogen-bond donors (Lipinski definition) is 1. The molecule has 0 saturated heterocycles. The lowest BCUT2D eigenvalue weighted by atomic mass is 10.2. The maximum Gasteiger partial charge on any atom is 0.240 e. The molecule has 0 aliphatic heterocycles. The van der Waals surface area contributed by atoms with Gasteiger partial charge in [0, 0.05) is 30.7 Å². The molecule has 1 N–H and O–H groups in total. The minimum absolute atomic E-state index is 0.0909. The van der Waals surface area contributed by atoms with Crippen LogP contribution in [0.1, 0.15) is 17.0 Å². The Bertz CT molecular complexity index is 873. The number of rotatable bonds is 6. The van der Waals surface area contributed by atoms with Gasteiger partial charge in [-0.05, 0) is 31.5 Å². The molecule has 0 fully saturated rings. The van der Waals surface area contributed by atoms with Crippen molar-refractivity contribution in [3.05, 3.63) is 71.9 Å². The van der Waals surface area contributed by atoms with Crippen LogP contribution in [0.25, 0.3) is 0 Å². The monoisotopic (exact) mass is 336 g/mol. The number of nitrogens with zero attached hydrogens (tertiary/aromatic N) is 3. The largest absolute Gasteiger partial charge is 0.438 e. The number of ether oxygens (including phenoxy) is 1. The van der Waals surface area contributed by atoms with Gasteiger partial charge in [0.25, 0.3) is 0 Å². The van der Waals surface area contributed by atoms with Crippen molar-refractivity contribution in [1.82, 2.24) is 19.9 Å². The molecule has 6 nitrogen and oxygen atoms in total. The van der Waals surface area contributed by atoms with Gasteiger partial charge in [-0.15, -0.1) is 0 Å². The van der Waals surface area contributed by atoms with E-state index < -0.39 is 0 Å². The van der Waals surface area contributed by atoms with Crippen LogP contribution in [0.3, 0.4) is 0 Å². The van der Waals surface area contributed by atoms with Gasteiger partial charge in [0.2, 0.25) is 11.8 Å². The van der Waals surface area contributed by atoms with Gasteiger partial charge in [-0.25, -0.2) is 9.97 Å². The first-order valence-electron chi connectivity index (χ1n) is 8.05. The number of aromatic nitrogens is 3. The SMILES string of the molecule is Cc1ccccc1Oc1ncccc1CNC(=O)Cn1ccnc1C. The number of carbonyl (C=O) groups is 1. The Morgan fingerprint density at radius 3 is 2.72 bits per heavy atom. The fraction of sp³-hybridized carbons (Fsp3) is 0.211. The van der Waals surface area contributed by atoms with Crippen molar-refractivity contribution in [1.29, 1.82) is 0 Å². The zero-order chi connectivity index (χ0) is 17.6. The maximum atomic E-state index is 12.1. The summed E-state index contributed by atoms with van der Waals surface area (Å²) in [5.74, 6) is 1.96. The Balaban J connectivity index is 1.66. The van der Waals surface area contributed by atoms with E-state index in [-0.39, 0.29) is 12.5 Å². The smallest absolute Gasteiger partial charge is 0.240 e. The van der Waals surface area contributed by atoms with Gasteiger partial charge in [-0.2, -0.15) is 0 Å². The molecule has 0 aliphatic carbocycles. The summed E-state index contributed by atoms with van der Waals surface area (Å²) in [5.41, 5.74) is 1.85. The fourth-order valence-corrected chi connectivity index (χ4v) is 2.40. The molecular weight excluding hydrogens is 316 g/mol. The van der Waals surface area contributed by atoms with Gasteiger partial charge in [-0.3, -0.25) is 4.79 Å². The number of para-hydroxylation sites is 1. The highest BCUT2D eigenvalue weighted by Gasteiger charge is 2.10. The summed E-state index contributed by atoms with van der Waals surface area (Å²) in [6, 6.07) is 11.5. The average molecular weight is 336 g/mol. The molecule has 0 spiro atoms. The quantitative estimate of drug-likeness (QED) is 0.751. The summed E-state index contributed by atoms with van der Waals surface area (Å²) in [6.45, 7) is 4.43. The third kappa shape index (κ3) is 4.23. The van der Waals surface area contributed by atoms with E-state index in [4.69, 9.17) is 4.74 Å². The molecule has 0 saturated carbocycles. The van der Waals surface area contributed by atoms with Crippen LogP contribution in [-0.2, 0) is 17.9 Å². The molecule has 6 heteroatoms. The molecule has 0 radical (unpaired) electrons. The Morgan fingerprint density at radius 1 is 1.12 bits per heavy atom. The van der Waals surface area contributed by atoms with Crippen molar-refractivity contribution in [2.75, 3.05) is 0 Å². The molecule has 1 amide bonds. The molecule has 0 atom stereocenters. The number of aryl methyl sites for hydroxylation is 2. The molecule has 25 heavy (non-hydrogen) atoms. The Hall–Kier alpha value is -3.15. The highest BCUT2D eigenvalue weighted by atomic mass is 16.5. The molecule has 0 unspecified atom stereocenters. The van der Waals surface area contributed by atoms with Crippen molar-refractivity contribution < 1.29 is 9.53 Å². The zero-order valence-corrected chi connectivity index (χ0v) is 14.3. The van der Waals surface area contributed by atoms with Crippen molar-refractivity contribution in [3.63, 3.8) is 0 Å². The van der Waals surface area contributed by atoms with Crippen LogP contribution in [0.15, 0.2) is 55.0 Å². The van der Waals surface area contributed by atoms with Crippen LogP contribution in [0.2, 0.25) is 0 Å². The lowest BCUT2D eigenvalue weighted by molar-refractivity contribution is -0.121. The topological polar surface area (TPSA) is 69.0 Å². The van der Waals surface area contributed by atoms with E-state index >= 15 is 0 Å². The maximum absolute atomic E-state index is 12.1. The van der Waals surface area contributed by atoms with Crippen LogP contribution in [0, 0.1) is 13.8 Å². The third-order valence-corrected chi connectivity index (χ3v) is 3.86. The van der Waals surface area contributed by atoms with Crippen LogP contribution in [0.4, 0.5) is 0 Å². The minimum atomic E-state index is -0.0909. The van der Waals surface area contributed by atoms with Crippen molar-refractivity contribution in [3.8, 4) is 11.6 Å². The molecule has 3 aromatic rings. The lowest BCUT2D eigenvalue weighted by Gasteiger charge is -2.12. The Labute approximate surface area is 146 Å². The number of nitrogens with one attached hydrogen (secondary N) is 1. The van der Waals surface area contributed by atoms with E-state index in [1.165, 1.54) is 0 Å². The molecular formula is C19H20N4O2. The second kappa shape index (κ2) is 7.61. The van der Waals surface area contributed by atoms with E-state index in [0.29, 0.717) is 12.4 Å². The zero-order valence-electron chi connectivity index (χ0n) is 14.3. The summed E-state index contributed by atoms with van der Waals surface area (Å²) in [4.78, 5) is 20.5. The van der Waals surface area contributed by atoms with Gasteiger partial charge in [0.15, 0.2) is 0 Å². The van der Waals surface area contributed by atoms with Gasteiger partial charge >= 0.3 is 0 Å². The van der Waals surface area contributed by atoms with Gasteiger partial charge in [0.05, 0.1) is 0 Å². The van der Waals surface area contributed by atoms with Gasteiger partial charge < -0.3 is 14.6 Å². The Kier molecular flexibility index (Phi) is 5.09. The molecule has 1 aromatic carbocycles. The van der Waals surface area contributed by atoms with Crippen molar-refractivity contribution >= 4 is 5.91 Å². The highest BCUT2D eigenvalue weighted by Crippen LogP contribution is 2.25. The van der Waals surface area contributed by atoms with E-state index in [1.54, 1.807) is 23.2 Å². The summed E-state index contributed by atoms with van der Waals surface area (Å²) < 4.78 is 7.71. The van der Waals surface area contributed by atoms with Crippen LogP contribution < -0.4 is 10.1 Å². The van der Waals surface area contributed by atoms with Crippen LogP contribution in [-0.4, -0.2) is 20.4 Å². The van der Waals surface area contributed by atoms with Crippen molar-refractivity contribution in [2.45, 2.75) is 26.9 Å².